The molecule has 0 bridgehead atoms. The van der Waals surface area contributed by atoms with E-state index in [1.165, 1.54) is 6.42 Å². The number of rotatable bonds is 7. The van der Waals surface area contributed by atoms with Crippen molar-refractivity contribution < 1.29 is 0 Å². The van der Waals surface area contributed by atoms with Crippen LogP contribution in [0.15, 0.2) is 0 Å². The Hall–Kier alpha value is -0.590. The lowest BCUT2D eigenvalue weighted by Crippen LogP contribution is -2.26. The summed E-state index contributed by atoms with van der Waals surface area (Å²) >= 11 is 0. The van der Waals surface area contributed by atoms with Crippen LogP contribution in [-0.4, -0.2) is 38.6 Å². The number of nitriles is 1. The summed E-state index contributed by atoms with van der Waals surface area (Å²) in [5.74, 6) is 0. The van der Waals surface area contributed by atoms with Crippen LogP contribution in [0.25, 0.3) is 0 Å². The molecule has 0 unspecified atom stereocenters. The first-order valence-corrected chi connectivity index (χ1v) is 5.26. The van der Waals surface area contributed by atoms with Gasteiger partial charge in [0, 0.05) is 0 Å². The molecule has 0 aliphatic heterocycles. The zero-order chi connectivity index (χ0) is 11.0. The second-order valence-electron chi connectivity index (χ2n) is 4.51. The van der Waals surface area contributed by atoms with Gasteiger partial charge in [-0.15, -0.1) is 0 Å². The van der Waals surface area contributed by atoms with E-state index < -0.39 is 0 Å². The first-order chi connectivity index (χ1) is 6.52. The monoisotopic (exact) mass is 197 g/mol. The Labute approximate surface area is 88.1 Å². The summed E-state index contributed by atoms with van der Waals surface area (Å²) in [6, 6.07) is 2.32. The summed E-state index contributed by atoms with van der Waals surface area (Å²) in [6.45, 7) is 7.15. The lowest BCUT2D eigenvalue weighted by atomic mass is 9.91. The van der Waals surface area contributed by atoms with Crippen LogP contribution in [0.4, 0.5) is 0 Å². The van der Waals surface area contributed by atoms with Crippen molar-refractivity contribution >= 4 is 0 Å². The van der Waals surface area contributed by atoms with Gasteiger partial charge in [0.2, 0.25) is 0 Å². The molecule has 0 spiro atoms. The molecule has 0 aromatic carbocycles. The smallest absolute Gasteiger partial charge is 0.0684 e. The first-order valence-electron chi connectivity index (χ1n) is 5.26. The van der Waals surface area contributed by atoms with Gasteiger partial charge in [-0.3, -0.25) is 0 Å². The van der Waals surface area contributed by atoms with Gasteiger partial charge in [0.1, 0.15) is 0 Å². The zero-order valence-electron chi connectivity index (χ0n) is 9.93. The van der Waals surface area contributed by atoms with Crippen LogP contribution in [0.2, 0.25) is 0 Å². The normalized spacial score (nSPS) is 11.7. The highest BCUT2D eigenvalue weighted by molar-refractivity contribution is 4.91. The molecule has 0 saturated heterocycles. The molecule has 0 fully saturated rings. The van der Waals surface area contributed by atoms with Crippen LogP contribution in [0, 0.1) is 16.7 Å². The topological polar surface area (TPSA) is 39.1 Å². The maximum absolute atomic E-state index is 8.84. The predicted octanol–water partition coefficient (Wildman–Crippen LogP) is 1.47. The van der Waals surface area contributed by atoms with E-state index in [1.807, 2.05) is 20.9 Å². The van der Waals surface area contributed by atoms with Gasteiger partial charge in [-0.1, -0.05) is 0 Å². The van der Waals surface area contributed by atoms with E-state index in [0.29, 0.717) is 0 Å². The van der Waals surface area contributed by atoms with Crippen LogP contribution < -0.4 is 5.32 Å². The Balaban J connectivity index is 3.54. The minimum absolute atomic E-state index is 0.183. The average molecular weight is 197 g/mol. The highest BCUT2D eigenvalue weighted by Crippen LogP contribution is 2.18. The van der Waals surface area contributed by atoms with Crippen molar-refractivity contribution in [3.63, 3.8) is 0 Å². The second kappa shape index (κ2) is 6.80. The van der Waals surface area contributed by atoms with E-state index in [-0.39, 0.29) is 5.41 Å². The summed E-state index contributed by atoms with van der Waals surface area (Å²) in [5.41, 5.74) is -0.183. The van der Waals surface area contributed by atoms with Crippen molar-refractivity contribution in [1.29, 1.82) is 5.26 Å². The zero-order valence-corrected chi connectivity index (χ0v) is 9.93. The largest absolute Gasteiger partial charge is 0.320 e. The summed E-state index contributed by atoms with van der Waals surface area (Å²) in [4.78, 5) is 2.29. The van der Waals surface area contributed by atoms with Crippen molar-refractivity contribution in [3.8, 4) is 6.07 Å². The first kappa shape index (κ1) is 13.4. The molecule has 0 saturated carbocycles. The van der Waals surface area contributed by atoms with Gasteiger partial charge >= 0.3 is 0 Å². The average Bonchev–Trinajstić information content (AvgIpc) is 2.16. The van der Waals surface area contributed by atoms with Gasteiger partial charge in [-0.05, 0) is 60.4 Å². The van der Waals surface area contributed by atoms with Crippen LogP contribution >= 0.6 is 0 Å². The Morgan fingerprint density at radius 2 is 2.00 bits per heavy atom. The van der Waals surface area contributed by atoms with Crippen molar-refractivity contribution in [2.45, 2.75) is 26.7 Å². The lowest BCUT2D eigenvalue weighted by molar-refractivity contribution is 0.283. The highest BCUT2D eigenvalue weighted by Gasteiger charge is 2.16. The van der Waals surface area contributed by atoms with Crippen molar-refractivity contribution in [2.75, 3.05) is 33.7 Å². The molecule has 0 aliphatic rings. The molecule has 0 heterocycles. The third-order valence-electron chi connectivity index (χ3n) is 2.39. The maximum atomic E-state index is 8.84. The van der Waals surface area contributed by atoms with E-state index in [1.54, 1.807) is 0 Å². The minimum Gasteiger partial charge on any atom is -0.320 e. The number of hydrogen-bond donors (Lipinski definition) is 1. The van der Waals surface area contributed by atoms with E-state index in [2.05, 4.69) is 23.3 Å². The Bertz CT molecular complexity index is 181. The highest BCUT2D eigenvalue weighted by atomic mass is 15.1. The molecule has 3 nitrogen and oxygen atoms in total. The summed E-state index contributed by atoms with van der Waals surface area (Å²) in [6.07, 6.45) is 2.11. The molecule has 0 rings (SSSR count). The van der Waals surface area contributed by atoms with Crippen molar-refractivity contribution in [3.05, 3.63) is 0 Å². The summed E-state index contributed by atoms with van der Waals surface area (Å²) in [7, 11) is 4.09. The lowest BCUT2D eigenvalue weighted by Gasteiger charge is -2.21. The van der Waals surface area contributed by atoms with Crippen LogP contribution in [0.1, 0.15) is 26.7 Å². The predicted molar refractivity (Wildman–Crippen MR) is 60.1 cm³/mol. The fourth-order valence-electron chi connectivity index (χ4n) is 1.16. The van der Waals surface area contributed by atoms with E-state index in [0.717, 1.165) is 26.1 Å². The van der Waals surface area contributed by atoms with Gasteiger partial charge in [0.25, 0.3) is 0 Å². The van der Waals surface area contributed by atoms with Gasteiger partial charge in [-0.25, -0.2) is 0 Å². The molecule has 82 valence electrons. The fraction of sp³-hybridized carbons (Fsp3) is 0.909. The summed E-state index contributed by atoms with van der Waals surface area (Å²) in [5, 5.41) is 12.0. The number of nitrogens with one attached hydrogen (secondary N) is 1. The number of hydrogen-bond acceptors (Lipinski definition) is 3. The van der Waals surface area contributed by atoms with E-state index in [9.17, 15) is 0 Å². The molecular formula is C11H23N3. The van der Waals surface area contributed by atoms with E-state index in [4.69, 9.17) is 5.26 Å². The Kier molecular flexibility index (Phi) is 6.52. The molecule has 0 aromatic heterocycles. The van der Waals surface area contributed by atoms with Crippen LogP contribution in [0.3, 0.4) is 0 Å². The maximum Gasteiger partial charge on any atom is 0.0684 e. The minimum atomic E-state index is -0.183. The quantitative estimate of drug-likeness (QED) is 0.628. The molecule has 1 N–H and O–H groups in total. The van der Waals surface area contributed by atoms with Crippen LogP contribution in [-0.2, 0) is 0 Å². The molecule has 0 aromatic rings. The van der Waals surface area contributed by atoms with Crippen LogP contribution in [0.5, 0.6) is 0 Å². The number of nitrogens with zero attached hydrogens (tertiary/aromatic N) is 2. The van der Waals surface area contributed by atoms with Crippen molar-refractivity contribution in [2.24, 2.45) is 5.41 Å². The molecule has 0 radical (unpaired) electrons. The standard InChI is InChI=1S/C11H23N3/c1-11(2,10-12)6-9-14(4)8-5-7-13-3/h13H,5-9H2,1-4H3. The van der Waals surface area contributed by atoms with Gasteiger partial charge in [-0.2, -0.15) is 5.26 Å². The Morgan fingerprint density at radius 3 is 2.50 bits per heavy atom. The third-order valence-corrected chi connectivity index (χ3v) is 2.39. The molecule has 14 heavy (non-hydrogen) atoms. The fourth-order valence-corrected chi connectivity index (χ4v) is 1.16. The molecule has 0 aliphatic carbocycles. The molecule has 3 heteroatoms. The van der Waals surface area contributed by atoms with Crippen molar-refractivity contribution in [1.82, 2.24) is 10.2 Å². The molecule has 0 atom stereocenters. The van der Waals surface area contributed by atoms with E-state index >= 15 is 0 Å². The Morgan fingerprint density at radius 1 is 1.36 bits per heavy atom. The molecular weight excluding hydrogens is 174 g/mol. The van der Waals surface area contributed by atoms with Gasteiger partial charge in [0.15, 0.2) is 0 Å². The van der Waals surface area contributed by atoms with Gasteiger partial charge < -0.3 is 10.2 Å². The SMILES string of the molecule is CNCCCN(C)CCC(C)(C)C#N. The summed E-state index contributed by atoms with van der Waals surface area (Å²) < 4.78 is 0. The second-order valence-corrected chi connectivity index (χ2v) is 4.51. The molecule has 0 amide bonds. The third kappa shape index (κ3) is 6.88. The van der Waals surface area contributed by atoms with Gasteiger partial charge in [0.05, 0.1) is 11.5 Å².